The molecular formula is C29H37N5O6. The van der Waals surface area contributed by atoms with E-state index in [9.17, 15) is 24.3 Å². The second-order valence-corrected chi connectivity index (χ2v) is 10.3. The van der Waals surface area contributed by atoms with Gasteiger partial charge in [0, 0.05) is 43.5 Å². The van der Waals surface area contributed by atoms with Crippen LogP contribution in [0, 0.1) is 12.8 Å². The minimum absolute atomic E-state index is 0.183. The van der Waals surface area contributed by atoms with Gasteiger partial charge in [-0.25, -0.2) is 9.59 Å². The fourth-order valence-corrected chi connectivity index (χ4v) is 5.14. The van der Waals surface area contributed by atoms with Crippen molar-refractivity contribution >= 4 is 35.3 Å². The molecule has 0 aliphatic carbocycles. The minimum atomic E-state index is -0.816. The summed E-state index contributed by atoms with van der Waals surface area (Å²) in [4.78, 5) is 53.5. The third kappa shape index (κ3) is 7.22. The SMILES string of the molecule is COc1cc(C(=O)N2CCCCC(NC(=O)N3CCC(C(=O)O)CC3)C2)ccc1NC(=O)Nc1ccccc1C. The van der Waals surface area contributed by atoms with E-state index in [-0.39, 0.29) is 18.0 Å². The van der Waals surface area contributed by atoms with Gasteiger partial charge < -0.3 is 35.6 Å². The molecule has 214 valence electrons. The standard InChI is InChI=1S/C29H37N5O6/c1-19-7-3-4-9-23(19)31-28(38)32-24-11-10-21(17-25(24)40-2)26(35)34-14-6-5-8-22(18-34)30-29(39)33-15-12-20(13-16-33)27(36)37/h3-4,7,9-11,17,20,22H,5-6,8,12-16,18H2,1-2H3,(H,30,39)(H,36,37)(H2,31,32,38). The summed E-state index contributed by atoms with van der Waals surface area (Å²) in [5.74, 6) is -1.05. The fourth-order valence-electron chi connectivity index (χ4n) is 5.14. The number of carboxylic acid groups (broad SMARTS) is 1. The lowest BCUT2D eigenvalue weighted by Gasteiger charge is -2.32. The first-order chi connectivity index (χ1) is 19.2. The second-order valence-electron chi connectivity index (χ2n) is 10.3. The lowest BCUT2D eigenvalue weighted by Crippen LogP contribution is -2.51. The van der Waals surface area contributed by atoms with Gasteiger partial charge in [-0.15, -0.1) is 0 Å². The van der Waals surface area contributed by atoms with Crippen LogP contribution in [0.15, 0.2) is 42.5 Å². The summed E-state index contributed by atoms with van der Waals surface area (Å²) in [7, 11) is 1.48. The first kappa shape index (κ1) is 28.7. The summed E-state index contributed by atoms with van der Waals surface area (Å²) in [6.07, 6.45) is 3.33. The third-order valence-corrected chi connectivity index (χ3v) is 7.51. The fraction of sp³-hybridized carbons (Fsp3) is 0.448. The molecule has 0 spiro atoms. The van der Waals surface area contributed by atoms with Crippen LogP contribution in [0.5, 0.6) is 5.75 Å². The Balaban J connectivity index is 1.37. The molecule has 11 nitrogen and oxygen atoms in total. The van der Waals surface area contributed by atoms with Crippen LogP contribution in [0.3, 0.4) is 0 Å². The molecule has 2 aliphatic heterocycles. The zero-order valence-corrected chi connectivity index (χ0v) is 22.9. The number of para-hydroxylation sites is 1. The lowest BCUT2D eigenvalue weighted by atomic mass is 9.97. The first-order valence-electron chi connectivity index (χ1n) is 13.6. The van der Waals surface area contributed by atoms with Crippen molar-refractivity contribution < 1.29 is 29.0 Å². The number of likely N-dealkylation sites (tertiary alicyclic amines) is 2. The molecule has 2 heterocycles. The van der Waals surface area contributed by atoms with Gasteiger partial charge in [0.25, 0.3) is 5.91 Å². The van der Waals surface area contributed by atoms with Crippen molar-refractivity contribution in [3.05, 3.63) is 53.6 Å². The molecule has 4 rings (SSSR count). The van der Waals surface area contributed by atoms with E-state index in [4.69, 9.17) is 4.74 Å². The number of carbonyl (C=O) groups is 4. The molecule has 0 aromatic heterocycles. The Labute approximate surface area is 233 Å². The van der Waals surface area contributed by atoms with Gasteiger partial charge in [-0.1, -0.05) is 18.2 Å². The van der Waals surface area contributed by atoms with Crippen molar-refractivity contribution in [2.45, 2.75) is 45.1 Å². The molecule has 1 atom stereocenters. The number of carbonyl (C=O) groups excluding carboxylic acids is 3. The van der Waals surface area contributed by atoms with E-state index >= 15 is 0 Å². The van der Waals surface area contributed by atoms with Crippen LogP contribution in [0.25, 0.3) is 0 Å². The van der Waals surface area contributed by atoms with Gasteiger partial charge >= 0.3 is 18.0 Å². The van der Waals surface area contributed by atoms with Crippen LogP contribution in [-0.2, 0) is 4.79 Å². The van der Waals surface area contributed by atoms with Crippen molar-refractivity contribution in [2.75, 3.05) is 43.9 Å². The Morgan fingerprint density at radius 2 is 1.62 bits per heavy atom. The largest absolute Gasteiger partial charge is 0.495 e. The molecule has 2 aromatic carbocycles. The molecule has 40 heavy (non-hydrogen) atoms. The zero-order chi connectivity index (χ0) is 28.6. The molecular weight excluding hydrogens is 514 g/mol. The first-order valence-corrected chi connectivity index (χ1v) is 13.6. The predicted molar refractivity (Wildman–Crippen MR) is 151 cm³/mol. The van der Waals surface area contributed by atoms with E-state index in [1.54, 1.807) is 28.0 Å². The molecule has 11 heteroatoms. The molecule has 2 aliphatic rings. The number of carboxylic acids is 1. The third-order valence-electron chi connectivity index (χ3n) is 7.51. The zero-order valence-electron chi connectivity index (χ0n) is 22.9. The highest BCUT2D eigenvalue weighted by Gasteiger charge is 2.30. The quantitative estimate of drug-likeness (QED) is 0.425. The van der Waals surface area contributed by atoms with Gasteiger partial charge in [-0.05, 0) is 68.9 Å². The molecule has 0 saturated carbocycles. The van der Waals surface area contributed by atoms with E-state index < -0.39 is 17.9 Å². The summed E-state index contributed by atoms with van der Waals surface area (Å²) in [6.45, 7) is 3.65. The van der Waals surface area contributed by atoms with Gasteiger partial charge in [0.2, 0.25) is 0 Å². The number of benzene rings is 2. The van der Waals surface area contributed by atoms with E-state index in [0.29, 0.717) is 61.7 Å². The topological polar surface area (TPSA) is 140 Å². The van der Waals surface area contributed by atoms with Crippen LogP contribution in [0.2, 0.25) is 0 Å². The highest BCUT2D eigenvalue weighted by Crippen LogP contribution is 2.27. The summed E-state index contributed by atoms with van der Waals surface area (Å²) >= 11 is 0. The maximum absolute atomic E-state index is 13.5. The highest BCUT2D eigenvalue weighted by molar-refractivity contribution is 6.02. The van der Waals surface area contributed by atoms with Gasteiger partial charge in [0.15, 0.2) is 0 Å². The summed E-state index contributed by atoms with van der Waals surface area (Å²) in [6, 6.07) is 11.5. The molecule has 1 unspecified atom stereocenters. The Morgan fingerprint density at radius 3 is 2.33 bits per heavy atom. The minimum Gasteiger partial charge on any atom is -0.495 e. The van der Waals surface area contributed by atoms with E-state index in [1.807, 2.05) is 31.2 Å². The van der Waals surface area contributed by atoms with Crippen molar-refractivity contribution in [1.82, 2.24) is 15.1 Å². The summed E-state index contributed by atoms with van der Waals surface area (Å²) in [5, 5.41) is 17.8. The van der Waals surface area contributed by atoms with Gasteiger partial charge in [0.05, 0.1) is 18.7 Å². The smallest absolute Gasteiger partial charge is 0.323 e. The van der Waals surface area contributed by atoms with Gasteiger partial charge in [0.1, 0.15) is 5.75 Å². The number of hydrogen-bond acceptors (Lipinski definition) is 5. The normalized spacial score (nSPS) is 17.9. The van der Waals surface area contributed by atoms with Crippen molar-refractivity contribution in [3.63, 3.8) is 0 Å². The number of ether oxygens (including phenoxy) is 1. The van der Waals surface area contributed by atoms with E-state index in [2.05, 4.69) is 16.0 Å². The number of nitrogens with zero attached hydrogens (tertiary/aromatic N) is 2. The van der Waals surface area contributed by atoms with Crippen LogP contribution in [-0.4, -0.2) is 78.2 Å². The highest BCUT2D eigenvalue weighted by atomic mass is 16.5. The van der Waals surface area contributed by atoms with Crippen molar-refractivity contribution in [2.24, 2.45) is 5.92 Å². The average molecular weight is 552 g/mol. The van der Waals surface area contributed by atoms with E-state index in [1.165, 1.54) is 7.11 Å². The summed E-state index contributed by atoms with van der Waals surface area (Å²) < 4.78 is 5.47. The number of aliphatic carboxylic acids is 1. The lowest BCUT2D eigenvalue weighted by molar-refractivity contribution is -0.143. The Morgan fingerprint density at radius 1 is 0.900 bits per heavy atom. The van der Waals surface area contributed by atoms with E-state index in [0.717, 1.165) is 24.8 Å². The van der Waals surface area contributed by atoms with Crippen molar-refractivity contribution in [3.8, 4) is 5.75 Å². The average Bonchev–Trinajstić information content (AvgIpc) is 3.19. The number of hydrogen-bond donors (Lipinski definition) is 4. The number of amides is 5. The molecule has 0 radical (unpaired) electrons. The van der Waals surface area contributed by atoms with Crippen LogP contribution in [0.4, 0.5) is 21.0 Å². The number of rotatable bonds is 6. The molecule has 5 amide bonds. The maximum Gasteiger partial charge on any atom is 0.323 e. The van der Waals surface area contributed by atoms with Crippen LogP contribution >= 0.6 is 0 Å². The molecule has 2 saturated heterocycles. The number of aryl methyl sites for hydroxylation is 1. The van der Waals surface area contributed by atoms with Crippen molar-refractivity contribution in [1.29, 1.82) is 0 Å². The second kappa shape index (κ2) is 13.2. The Hall–Kier alpha value is -4.28. The molecule has 2 fully saturated rings. The number of methoxy groups -OCH3 is 1. The predicted octanol–water partition coefficient (Wildman–Crippen LogP) is 4.15. The monoisotopic (exact) mass is 551 g/mol. The van der Waals surface area contributed by atoms with Crippen LogP contribution in [0.1, 0.15) is 48.0 Å². The molecule has 4 N–H and O–H groups in total. The van der Waals surface area contributed by atoms with Gasteiger partial charge in [-0.2, -0.15) is 0 Å². The number of anilines is 2. The van der Waals surface area contributed by atoms with Gasteiger partial charge in [-0.3, -0.25) is 9.59 Å². The number of piperidine rings is 1. The molecule has 0 bridgehead atoms. The van der Waals surface area contributed by atoms with Crippen LogP contribution < -0.4 is 20.7 Å². The Bertz CT molecular complexity index is 1240. The molecule has 2 aromatic rings. The number of nitrogens with one attached hydrogen (secondary N) is 3. The maximum atomic E-state index is 13.5. The number of urea groups is 2. The Kier molecular flexibility index (Phi) is 9.47. The summed E-state index contributed by atoms with van der Waals surface area (Å²) in [5.41, 5.74) is 2.47.